The first-order valence-electron chi connectivity index (χ1n) is 8.38. The standard InChI is InChI=1S/C16H23N3O.ClH/c1-2-13(17-3-1)14-18-15(19-20-14)16-7-10-4-11(8-16)6-12(5-10)9-16;/h10-13,17H,1-9H2;1H. The van der Waals surface area contributed by atoms with Crippen LogP contribution < -0.4 is 5.32 Å². The van der Waals surface area contributed by atoms with E-state index in [9.17, 15) is 0 Å². The molecule has 0 radical (unpaired) electrons. The van der Waals surface area contributed by atoms with Crippen molar-refractivity contribution in [2.45, 2.75) is 62.8 Å². The van der Waals surface area contributed by atoms with Gasteiger partial charge in [0.1, 0.15) is 0 Å². The van der Waals surface area contributed by atoms with Crippen LogP contribution in [-0.4, -0.2) is 16.7 Å². The fourth-order valence-corrected chi connectivity index (χ4v) is 5.87. The van der Waals surface area contributed by atoms with Gasteiger partial charge in [-0.3, -0.25) is 0 Å². The molecule has 5 fully saturated rings. The summed E-state index contributed by atoms with van der Waals surface area (Å²) < 4.78 is 5.61. The quantitative estimate of drug-likeness (QED) is 0.910. The minimum Gasteiger partial charge on any atom is -0.338 e. The summed E-state index contributed by atoms with van der Waals surface area (Å²) in [6.45, 7) is 1.08. The summed E-state index contributed by atoms with van der Waals surface area (Å²) in [5.74, 6) is 4.70. The van der Waals surface area contributed by atoms with Crippen LogP contribution >= 0.6 is 12.4 Å². The first kappa shape index (κ1) is 14.0. The fourth-order valence-electron chi connectivity index (χ4n) is 5.87. The molecule has 0 spiro atoms. The van der Waals surface area contributed by atoms with Gasteiger partial charge in [0.05, 0.1) is 6.04 Å². The smallest absolute Gasteiger partial charge is 0.243 e. The highest BCUT2D eigenvalue weighted by molar-refractivity contribution is 5.85. The van der Waals surface area contributed by atoms with E-state index in [-0.39, 0.29) is 17.8 Å². The lowest BCUT2D eigenvalue weighted by atomic mass is 9.49. The normalized spacial score (nSPS) is 44.0. The molecule has 1 N–H and O–H groups in total. The summed E-state index contributed by atoms with van der Waals surface area (Å²) in [6.07, 6.45) is 10.7. The maximum absolute atomic E-state index is 5.61. The number of nitrogens with one attached hydrogen (secondary N) is 1. The van der Waals surface area contributed by atoms with Crippen molar-refractivity contribution in [3.8, 4) is 0 Å². The predicted octanol–water partition coefficient (Wildman–Crippen LogP) is 3.38. The molecule has 0 aromatic carbocycles. The van der Waals surface area contributed by atoms with Gasteiger partial charge in [0.2, 0.25) is 5.89 Å². The van der Waals surface area contributed by atoms with Crippen LogP contribution in [0.4, 0.5) is 0 Å². The van der Waals surface area contributed by atoms with Crippen LogP contribution in [0.15, 0.2) is 4.52 Å². The third kappa shape index (κ3) is 2.14. The molecule has 5 heteroatoms. The molecule has 4 aliphatic carbocycles. The van der Waals surface area contributed by atoms with Gasteiger partial charge in [-0.15, -0.1) is 12.4 Å². The Morgan fingerprint density at radius 1 is 1.05 bits per heavy atom. The van der Waals surface area contributed by atoms with Gasteiger partial charge in [0.15, 0.2) is 5.82 Å². The van der Waals surface area contributed by atoms with Gasteiger partial charge in [0.25, 0.3) is 0 Å². The van der Waals surface area contributed by atoms with Gasteiger partial charge in [-0.05, 0) is 75.7 Å². The minimum absolute atomic E-state index is 0. The summed E-state index contributed by atoms with van der Waals surface area (Å²) in [5.41, 5.74) is 0.273. The summed E-state index contributed by atoms with van der Waals surface area (Å²) >= 11 is 0. The molecule has 1 unspecified atom stereocenters. The maximum atomic E-state index is 5.61. The predicted molar refractivity (Wildman–Crippen MR) is 81.4 cm³/mol. The largest absolute Gasteiger partial charge is 0.338 e. The number of nitrogens with zero attached hydrogens (tertiary/aromatic N) is 2. The molecular formula is C16H24ClN3O. The minimum atomic E-state index is 0. The molecule has 5 aliphatic rings. The van der Waals surface area contributed by atoms with Crippen molar-refractivity contribution >= 4 is 12.4 Å². The molecule has 0 amide bonds. The highest BCUT2D eigenvalue weighted by Crippen LogP contribution is 2.60. The Morgan fingerprint density at radius 2 is 1.71 bits per heavy atom. The molecule has 4 nitrogen and oxygen atoms in total. The zero-order valence-corrected chi connectivity index (χ0v) is 13.2. The van der Waals surface area contributed by atoms with E-state index in [1.54, 1.807) is 0 Å². The van der Waals surface area contributed by atoms with Crippen molar-refractivity contribution in [2.75, 3.05) is 6.54 Å². The molecule has 4 saturated carbocycles. The third-order valence-electron chi connectivity index (χ3n) is 6.31. The first-order chi connectivity index (χ1) is 9.81. The van der Waals surface area contributed by atoms with Crippen molar-refractivity contribution in [3.05, 3.63) is 11.7 Å². The van der Waals surface area contributed by atoms with E-state index in [1.165, 1.54) is 44.9 Å². The Labute approximate surface area is 131 Å². The topological polar surface area (TPSA) is 51.0 Å². The second-order valence-corrected chi connectivity index (χ2v) is 7.80. The molecule has 4 bridgehead atoms. The molecule has 1 aromatic rings. The SMILES string of the molecule is C1CNC(c2nc(C34CC5CC(CC(C5)C3)C4)no2)C1.Cl. The first-order valence-corrected chi connectivity index (χ1v) is 8.38. The number of hydrogen-bond donors (Lipinski definition) is 1. The van der Waals surface area contributed by atoms with E-state index in [1.807, 2.05) is 0 Å². The Bertz CT molecular complexity index is 488. The third-order valence-corrected chi connectivity index (χ3v) is 6.31. The van der Waals surface area contributed by atoms with Crippen molar-refractivity contribution in [3.63, 3.8) is 0 Å². The van der Waals surface area contributed by atoms with Gasteiger partial charge >= 0.3 is 0 Å². The van der Waals surface area contributed by atoms with E-state index in [0.29, 0.717) is 6.04 Å². The lowest BCUT2D eigenvalue weighted by Crippen LogP contribution is -2.49. The fraction of sp³-hybridized carbons (Fsp3) is 0.875. The van der Waals surface area contributed by atoms with Crippen LogP contribution in [0.2, 0.25) is 0 Å². The monoisotopic (exact) mass is 309 g/mol. The number of hydrogen-bond acceptors (Lipinski definition) is 4. The summed E-state index contributed by atoms with van der Waals surface area (Å²) in [5, 5.41) is 7.89. The lowest BCUT2D eigenvalue weighted by Gasteiger charge is -2.55. The van der Waals surface area contributed by atoms with Crippen LogP contribution in [0.1, 0.15) is 69.1 Å². The van der Waals surface area contributed by atoms with Crippen LogP contribution in [-0.2, 0) is 5.41 Å². The second-order valence-electron chi connectivity index (χ2n) is 7.80. The second kappa shape index (κ2) is 4.95. The van der Waals surface area contributed by atoms with Gasteiger partial charge in [-0.25, -0.2) is 0 Å². The van der Waals surface area contributed by atoms with Gasteiger partial charge < -0.3 is 9.84 Å². The van der Waals surface area contributed by atoms with E-state index in [4.69, 9.17) is 9.51 Å². The average molecular weight is 310 g/mol. The number of aromatic nitrogens is 2. The Morgan fingerprint density at radius 3 is 2.29 bits per heavy atom. The molecule has 2 heterocycles. The van der Waals surface area contributed by atoms with Crippen LogP contribution in [0.5, 0.6) is 0 Å². The van der Waals surface area contributed by atoms with Crippen molar-refractivity contribution in [1.29, 1.82) is 0 Å². The number of halogens is 1. The molecule has 1 aromatic heterocycles. The van der Waals surface area contributed by atoms with Crippen molar-refractivity contribution in [1.82, 2.24) is 15.5 Å². The van der Waals surface area contributed by atoms with Crippen molar-refractivity contribution in [2.24, 2.45) is 17.8 Å². The Balaban J connectivity index is 0.00000115. The molecule has 1 saturated heterocycles. The summed E-state index contributed by atoms with van der Waals surface area (Å²) in [4.78, 5) is 4.84. The summed E-state index contributed by atoms with van der Waals surface area (Å²) in [6, 6.07) is 0.310. The zero-order valence-electron chi connectivity index (χ0n) is 12.4. The van der Waals surface area contributed by atoms with Gasteiger partial charge in [-0.1, -0.05) is 5.16 Å². The van der Waals surface area contributed by atoms with E-state index in [0.717, 1.165) is 42.4 Å². The molecular weight excluding hydrogens is 286 g/mol. The summed E-state index contributed by atoms with van der Waals surface area (Å²) in [7, 11) is 0. The zero-order chi connectivity index (χ0) is 13.2. The van der Waals surface area contributed by atoms with E-state index >= 15 is 0 Å². The molecule has 21 heavy (non-hydrogen) atoms. The maximum Gasteiger partial charge on any atom is 0.243 e. The Hall–Kier alpha value is -0.610. The Kier molecular flexibility index (Phi) is 3.30. The van der Waals surface area contributed by atoms with E-state index in [2.05, 4.69) is 10.5 Å². The average Bonchev–Trinajstić information content (AvgIpc) is 3.09. The van der Waals surface area contributed by atoms with Gasteiger partial charge in [-0.2, -0.15) is 4.98 Å². The van der Waals surface area contributed by atoms with Crippen LogP contribution in [0, 0.1) is 17.8 Å². The van der Waals surface area contributed by atoms with Gasteiger partial charge in [0, 0.05) is 5.41 Å². The lowest BCUT2D eigenvalue weighted by molar-refractivity contribution is -0.0103. The molecule has 1 aliphatic heterocycles. The highest BCUT2D eigenvalue weighted by atomic mass is 35.5. The highest BCUT2D eigenvalue weighted by Gasteiger charge is 2.53. The van der Waals surface area contributed by atoms with Crippen LogP contribution in [0.25, 0.3) is 0 Å². The molecule has 116 valence electrons. The molecule has 6 rings (SSSR count). The number of rotatable bonds is 2. The van der Waals surface area contributed by atoms with E-state index < -0.39 is 0 Å². The van der Waals surface area contributed by atoms with Crippen LogP contribution in [0.3, 0.4) is 0 Å². The van der Waals surface area contributed by atoms with Crippen molar-refractivity contribution < 1.29 is 4.52 Å². The molecule has 1 atom stereocenters.